The van der Waals surface area contributed by atoms with Crippen LogP contribution in [0.2, 0.25) is 5.02 Å². The van der Waals surface area contributed by atoms with Gasteiger partial charge in [-0.25, -0.2) is 8.42 Å². The van der Waals surface area contributed by atoms with Gasteiger partial charge in [-0.05, 0) is 60.9 Å². The molecule has 0 bridgehead atoms. The summed E-state index contributed by atoms with van der Waals surface area (Å²) in [5, 5.41) is 4.22. The number of rotatable bonds is 6. The highest BCUT2D eigenvalue weighted by Crippen LogP contribution is 2.48. The van der Waals surface area contributed by atoms with Crippen LogP contribution in [0.4, 0.5) is 5.69 Å². The summed E-state index contributed by atoms with van der Waals surface area (Å²) in [7, 11) is -3.20. The van der Waals surface area contributed by atoms with Gasteiger partial charge < -0.3 is 5.32 Å². The van der Waals surface area contributed by atoms with E-state index in [0.29, 0.717) is 4.90 Å². The molecule has 1 N–H and O–H groups in total. The lowest BCUT2D eigenvalue weighted by molar-refractivity contribution is 0.602. The first kappa shape index (κ1) is 19.0. The molecule has 1 aliphatic rings. The molecular weight excluding hydrogens is 392 g/mol. The highest BCUT2D eigenvalue weighted by Gasteiger charge is 2.44. The van der Waals surface area contributed by atoms with Crippen molar-refractivity contribution in [3.05, 3.63) is 77.4 Å². The molecule has 1 aliphatic carbocycles. The molecule has 4 rings (SSSR count). The fourth-order valence-electron chi connectivity index (χ4n) is 3.38. The van der Waals surface area contributed by atoms with Gasteiger partial charge in [0.2, 0.25) is 0 Å². The highest BCUT2D eigenvalue weighted by atomic mass is 35.5. The molecule has 3 aromatic rings. The zero-order chi connectivity index (χ0) is 19.8. The van der Waals surface area contributed by atoms with E-state index in [9.17, 15) is 8.42 Å². The van der Waals surface area contributed by atoms with E-state index in [-0.39, 0.29) is 5.41 Å². The van der Waals surface area contributed by atoms with Gasteiger partial charge in [-0.15, -0.1) is 0 Å². The third-order valence-corrected chi connectivity index (χ3v) is 6.62. The van der Waals surface area contributed by atoms with Crippen molar-refractivity contribution < 1.29 is 8.42 Å². The smallest absolute Gasteiger partial charge is 0.175 e. The van der Waals surface area contributed by atoms with Gasteiger partial charge in [0, 0.05) is 40.7 Å². The van der Waals surface area contributed by atoms with Gasteiger partial charge in [0.25, 0.3) is 0 Å². The van der Waals surface area contributed by atoms with Gasteiger partial charge in [0.05, 0.1) is 10.6 Å². The Balaban J connectivity index is 1.55. The van der Waals surface area contributed by atoms with Crippen molar-refractivity contribution in [1.82, 2.24) is 4.98 Å². The minimum atomic E-state index is -3.20. The maximum Gasteiger partial charge on any atom is 0.175 e. The zero-order valence-corrected chi connectivity index (χ0v) is 17.1. The second-order valence-electron chi connectivity index (χ2n) is 7.37. The average Bonchev–Trinajstić information content (AvgIpc) is 3.47. The fraction of sp³-hybridized carbons (Fsp3) is 0.227. The van der Waals surface area contributed by atoms with Crippen molar-refractivity contribution in [1.29, 1.82) is 0 Å². The van der Waals surface area contributed by atoms with Crippen LogP contribution in [0, 0.1) is 0 Å². The van der Waals surface area contributed by atoms with Gasteiger partial charge in [-0.3, -0.25) is 4.98 Å². The van der Waals surface area contributed by atoms with Crippen molar-refractivity contribution in [2.24, 2.45) is 0 Å². The summed E-state index contributed by atoms with van der Waals surface area (Å²) >= 11 is 6.07. The Morgan fingerprint density at radius 2 is 1.82 bits per heavy atom. The average molecular weight is 413 g/mol. The molecule has 0 unspecified atom stereocenters. The predicted octanol–water partition coefficient (Wildman–Crippen LogP) is 4.95. The molecule has 0 aliphatic heterocycles. The van der Waals surface area contributed by atoms with E-state index in [2.05, 4.69) is 22.4 Å². The Kier molecular flexibility index (Phi) is 4.89. The minimum Gasteiger partial charge on any atom is -0.384 e. The molecule has 1 heterocycles. The Morgan fingerprint density at radius 3 is 2.46 bits per heavy atom. The van der Waals surface area contributed by atoms with Crippen LogP contribution >= 0.6 is 11.6 Å². The third kappa shape index (κ3) is 4.05. The Morgan fingerprint density at radius 1 is 1.07 bits per heavy atom. The Bertz CT molecular complexity index is 1110. The molecule has 144 valence electrons. The molecule has 0 radical (unpaired) electrons. The summed E-state index contributed by atoms with van der Waals surface area (Å²) in [6.45, 7) is 0.837. The van der Waals surface area contributed by atoms with Crippen LogP contribution < -0.4 is 5.32 Å². The molecule has 1 fully saturated rings. The van der Waals surface area contributed by atoms with E-state index >= 15 is 0 Å². The molecule has 28 heavy (non-hydrogen) atoms. The summed E-state index contributed by atoms with van der Waals surface area (Å²) in [6.07, 6.45) is 5.29. The molecule has 4 nitrogen and oxygen atoms in total. The molecular formula is C22H21ClN2O2S. The fourth-order valence-corrected chi connectivity index (χ4v) is 4.20. The van der Waals surface area contributed by atoms with E-state index in [1.165, 1.54) is 11.8 Å². The van der Waals surface area contributed by atoms with Crippen molar-refractivity contribution >= 4 is 27.1 Å². The lowest BCUT2D eigenvalue weighted by Gasteiger charge is -2.18. The van der Waals surface area contributed by atoms with Crippen molar-refractivity contribution in [3.63, 3.8) is 0 Å². The van der Waals surface area contributed by atoms with E-state index in [0.717, 1.165) is 41.4 Å². The first-order valence-corrected chi connectivity index (χ1v) is 11.4. The lowest BCUT2D eigenvalue weighted by Crippen LogP contribution is -2.19. The molecule has 1 saturated carbocycles. The van der Waals surface area contributed by atoms with Crippen LogP contribution in [0.25, 0.3) is 11.3 Å². The summed E-state index contributed by atoms with van der Waals surface area (Å²) < 4.78 is 23.3. The number of aromatic nitrogens is 1. The maximum absolute atomic E-state index is 11.7. The van der Waals surface area contributed by atoms with Crippen LogP contribution in [0.5, 0.6) is 0 Å². The maximum atomic E-state index is 11.7. The number of hydrogen-bond acceptors (Lipinski definition) is 4. The molecule has 6 heteroatoms. The van der Waals surface area contributed by atoms with Gasteiger partial charge in [-0.1, -0.05) is 29.8 Å². The summed E-state index contributed by atoms with van der Waals surface area (Å²) in [5.41, 5.74) is 4.13. The van der Waals surface area contributed by atoms with E-state index < -0.39 is 9.84 Å². The van der Waals surface area contributed by atoms with Crippen LogP contribution in [0.1, 0.15) is 18.4 Å². The standard InChI is InChI=1S/C22H21ClN2O2S/c1-28(26,27)20-7-5-16(6-8-20)21-13-17(9-12-24-21)22(10-11-22)15-25-19-4-2-3-18(23)14-19/h2-9,12-14,25H,10-11,15H2,1H3. The van der Waals surface area contributed by atoms with Crippen LogP contribution in [-0.4, -0.2) is 26.2 Å². The van der Waals surface area contributed by atoms with Gasteiger partial charge in [0.15, 0.2) is 9.84 Å². The molecule has 0 saturated heterocycles. The number of hydrogen-bond donors (Lipinski definition) is 1. The second-order valence-corrected chi connectivity index (χ2v) is 9.82. The topological polar surface area (TPSA) is 59.1 Å². The number of benzene rings is 2. The van der Waals surface area contributed by atoms with Crippen LogP contribution in [-0.2, 0) is 15.3 Å². The van der Waals surface area contributed by atoms with Crippen LogP contribution in [0.15, 0.2) is 71.8 Å². The summed E-state index contributed by atoms with van der Waals surface area (Å²) in [5.74, 6) is 0. The number of pyridine rings is 1. The largest absolute Gasteiger partial charge is 0.384 e. The van der Waals surface area contributed by atoms with Crippen molar-refractivity contribution in [2.75, 3.05) is 18.1 Å². The quantitative estimate of drug-likeness (QED) is 0.622. The number of anilines is 1. The molecule has 0 atom stereocenters. The van der Waals surface area contributed by atoms with Crippen LogP contribution in [0.3, 0.4) is 0 Å². The summed E-state index contributed by atoms with van der Waals surface area (Å²) in [4.78, 5) is 4.80. The SMILES string of the molecule is CS(=O)(=O)c1ccc(-c2cc(C3(CNc4cccc(Cl)c4)CC3)ccn2)cc1. The molecule has 0 spiro atoms. The number of halogens is 1. The van der Waals surface area contributed by atoms with E-state index in [4.69, 9.17) is 11.6 Å². The first-order chi connectivity index (χ1) is 13.4. The molecule has 1 aromatic heterocycles. The van der Waals surface area contributed by atoms with Crippen molar-refractivity contribution in [3.8, 4) is 11.3 Å². The lowest BCUT2D eigenvalue weighted by atomic mass is 9.95. The van der Waals surface area contributed by atoms with E-state index in [1.54, 1.807) is 12.1 Å². The molecule has 0 amide bonds. The van der Waals surface area contributed by atoms with Crippen molar-refractivity contribution in [2.45, 2.75) is 23.2 Å². The number of nitrogens with zero attached hydrogens (tertiary/aromatic N) is 1. The van der Waals surface area contributed by atoms with E-state index in [1.807, 2.05) is 42.6 Å². The number of nitrogens with one attached hydrogen (secondary N) is 1. The Hall–Kier alpha value is -2.37. The zero-order valence-electron chi connectivity index (χ0n) is 15.5. The van der Waals surface area contributed by atoms with Gasteiger partial charge in [-0.2, -0.15) is 0 Å². The highest BCUT2D eigenvalue weighted by molar-refractivity contribution is 7.90. The Labute approximate surface area is 170 Å². The molecule has 2 aromatic carbocycles. The first-order valence-electron chi connectivity index (χ1n) is 9.12. The third-order valence-electron chi connectivity index (χ3n) is 5.26. The normalized spacial score (nSPS) is 15.2. The van der Waals surface area contributed by atoms with Gasteiger partial charge >= 0.3 is 0 Å². The minimum absolute atomic E-state index is 0.104. The summed E-state index contributed by atoms with van der Waals surface area (Å²) in [6, 6.07) is 18.8. The predicted molar refractivity (Wildman–Crippen MR) is 114 cm³/mol. The van der Waals surface area contributed by atoms with Gasteiger partial charge in [0.1, 0.15) is 0 Å². The second kappa shape index (κ2) is 7.22. The number of sulfone groups is 1. The monoisotopic (exact) mass is 412 g/mol.